The van der Waals surface area contributed by atoms with E-state index in [1.807, 2.05) is 13.8 Å². The molecule has 0 saturated carbocycles. The Kier molecular flexibility index (Phi) is 4.59. The van der Waals surface area contributed by atoms with Gasteiger partial charge in [0, 0.05) is 12.4 Å². The number of anilines is 1. The molecular weight excluding hydrogens is 236 g/mol. The van der Waals surface area contributed by atoms with E-state index in [2.05, 4.69) is 15.3 Å². The predicted molar refractivity (Wildman–Crippen MR) is 65.1 cm³/mol. The lowest BCUT2D eigenvalue weighted by Crippen LogP contribution is -2.32. The van der Waals surface area contributed by atoms with Crippen LogP contribution in [-0.2, 0) is 4.79 Å². The summed E-state index contributed by atoms with van der Waals surface area (Å²) in [5, 5.41) is 11.8. The minimum atomic E-state index is -1.01. The number of carboxylic acids is 1. The molecule has 0 aliphatic heterocycles. The fourth-order valence-electron chi connectivity index (χ4n) is 1.48. The van der Waals surface area contributed by atoms with E-state index in [1.54, 1.807) is 0 Å². The number of hydrogen-bond donors (Lipinski definition) is 3. The zero-order chi connectivity index (χ0) is 13.7. The van der Waals surface area contributed by atoms with Crippen molar-refractivity contribution in [1.82, 2.24) is 9.97 Å². The normalized spacial score (nSPS) is 12.2. The first-order valence-electron chi connectivity index (χ1n) is 5.52. The molecule has 1 heterocycles. The number of amides is 1. The highest BCUT2D eigenvalue weighted by Gasteiger charge is 2.21. The minimum absolute atomic E-state index is 0.0625. The molecule has 0 aromatic carbocycles. The maximum absolute atomic E-state index is 11.1. The van der Waals surface area contributed by atoms with Crippen molar-refractivity contribution in [3.05, 3.63) is 18.1 Å². The van der Waals surface area contributed by atoms with Crippen LogP contribution in [0.4, 0.5) is 5.82 Å². The quantitative estimate of drug-likeness (QED) is 0.678. The molecule has 1 unspecified atom stereocenters. The summed E-state index contributed by atoms with van der Waals surface area (Å²) in [7, 11) is 0. The van der Waals surface area contributed by atoms with Crippen LogP contribution < -0.4 is 11.1 Å². The van der Waals surface area contributed by atoms with Gasteiger partial charge in [-0.25, -0.2) is 14.8 Å². The third-order valence-corrected chi connectivity index (χ3v) is 2.25. The van der Waals surface area contributed by atoms with Gasteiger partial charge in [-0.15, -0.1) is 0 Å². The highest BCUT2D eigenvalue weighted by molar-refractivity contribution is 5.95. The van der Waals surface area contributed by atoms with E-state index in [4.69, 9.17) is 10.8 Å². The first-order valence-corrected chi connectivity index (χ1v) is 5.52. The number of nitrogens with two attached hydrogens (primary N) is 1. The van der Waals surface area contributed by atoms with Gasteiger partial charge >= 0.3 is 5.97 Å². The summed E-state index contributed by atoms with van der Waals surface area (Å²) in [6.45, 7) is 3.81. The molecule has 0 fully saturated rings. The van der Waals surface area contributed by atoms with Crippen LogP contribution in [0.15, 0.2) is 12.4 Å². The third kappa shape index (κ3) is 3.69. The summed E-state index contributed by atoms with van der Waals surface area (Å²) >= 11 is 0. The molecule has 7 heteroatoms. The van der Waals surface area contributed by atoms with Crippen LogP contribution in [-0.4, -0.2) is 33.0 Å². The number of aromatic nitrogens is 2. The van der Waals surface area contributed by atoms with E-state index in [-0.39, 0.29) is 17.4 Å². The summed E-state index contributed by atoms with van der Waals surface area (Å²) < 4.78 is 0. The van der Waals surface area contributed by atoms with Crippen molar-refractivity contribution in [2.75, 3.05) is 5.32 Å². The number of carbonyl (C=O) groups excluding carboxylic acids is 1. The van der Waals surface area contributed by atoms with Gasteiger partial charge in [0.2, 0.25) is 0 Å². The molecular formula is C11H16N4O3. The number of hydrogen-bond acceptors (Lipinski definition) is 5. The van der Waals surface area contributed by atoms with E-state index in [0.717, 1.165) is 0 Å². The van der Waals surface area contributed by atoms with Crippen LogP contribution >= 0.6 is 0 Å². The van der Waals surface area contributed by atoms with Gasteiger partial charge in [-0.05, 0) is 12.3 Å². The summed E-state index contributed by atoms with van der Waals surface area (Å²) in [6, 6.07) is -0.834. The Morgan fingerprint density at radius 1 is 1.39 bits per heavy atom. The highest BCUT2D eigenvalue weighted by atomic mass is 16.4. The Morgan fingerprint density at radius 3 is 2.50 bits per heavy atom. The summed E-state index contributed by atoms with van der Waals surface area (Å²) in [5.74, 6) is -1.48. The van der Waals surface area contributed by atoms with Crippen molar-refractivity contribution in [2.24, 2.45) is 11.7 Å². The number of nitrogens with zero attached hydrogens (tertiary/aromatic N) is 2. The molecule has 0 saturated heterocycles. The molecule has 4 N–H and O–H groups in total. The first-order chi connectivity index (χ1) is 8.41. The Hall–Kier alpha value is -2.18. The van der Waals surface area contributed by atoms with E-state index < -0.39 is 17.9 Å². The molecule has 7 nitrogen and oxygen atoms in total. The van der Waals surface area contributed by atoms with E-state index in [1.165, 1.54) is 12.4 Å². The van der Waals surface area contributed by atoms with Gasteiger partial charge in [0.15, 0.2) is 11.5 Å². The molecule has 0 bridgehead atoms. The summed E-state index contributed by atoms with van der Waals surface area (Å²) in [6.07, 6.45) is 3.09. The molecule has 98 valence electrons. The number of primary amides is 1. The summed E-state index contributed by atoms with van der Waals surface area (Å²) in [4.78, 5) is 29.9. The summed E-state index contributed by atoms with van der Waals surface area (Å²) in [5.41, 5.74) is 5.08. The van der Waals surface area contributed by atoms with E-state index in [9.17, 15) is 9.59 Å². The largest absolute Gasteiger partial charge is 0.480 e. The van der Waals surface area contributed by atoms with Crippen molar-refractivity contribution < 1.29 is 14.7 Å². The standard InChI is InChI=1S/C11H16N4O3/c1-6(2)5-7(11(17)18)15-10-8(9(12)16)13-3-4-14-10/h3-4,6-7H,5H2,1-2H3,(H2,12,16)(H,14,15)(H,17,18). The fraction of sp³-hybridized carbons (Fsp3) is 0.455. The zero-order valence-corrected chi connectivity index (χ0v) is 10.3. The lowest BCUT2D eigenvalue weighted by atomic mass is 10.0. The van der Waals surface area contributed by atoms with Gasteiger partial charge < -0.3 is 16.2 Å². The van der Waals surface area contributed by atoms with Crippen LogP contribution in [0.25, 0.3) is 0 Å². The monoisotopic (exact) mass is 252 g/mol. The van der Waals surface area contributed by atoms with Crippen molar-refractivity contribution in [3.8, 4) is 0 Å². The number of nitrogens with one attached hydrogen (secondary N) is 1. The zero-order valence-electron chi connectivity index (χ0n) is 10.3. The van der Waals surface area contributed by atoms with Gasteiger partial charge in [-0.3, -0.25) is 4.79 Å². The molecule has 18 heavy (non-hydrogen) atoms. The molecule has 1 aromatic rings. The lowest BCUT2D eigenvalue weighted by molar-refractivity contribution is -0.138. The molecule has 1 amide bonds. The van der Waals surface area contributed by atoms with E-state index >= 15 is 0 Å². The van der Waals surface area contributed by atoms with Crippen molar-refractivity contribution in [1.29, 1.82) is 0 Å². The van der Waals surface area contributed by atoms with Crippen molar-refractivity contribution >= 4 is 17.7 Å². The van der Waals surface area contributed by atoms with Crippen LogP contribution in [0.1, 0.15) is 30.8 Å². The maximum Gasteiger partial charge on any atom is 0.326 e. The van der Waals surface area contributed by atoms with Crippen LogP contribution in [0.3, 0.4) is 0 Å². The highest BCUT2D eigenvalue weighted by Crippen LogP contribution is 2.13. The van der Waals surface area contributed by atoms with Gasteiger partial charge in [-0.2, -0.15) is 0 Å². The van der Waals surface area contributed by atoms with Gasteiger partial charge in [0.05, 0.1) is 0 Å². The van der Waals surface area contributed by atoms with Crippen LogP contribution in [0.2, 0.25) is 0 Å². The Labute approximate surface area is 104 Å². The van der Waals surface area contributed by atoms with Crippen LogP contribution in [0.5, 0.6) is 0 Å². The molecule has 1 rings (SSSR count). The topological polar surface area (TPSA) is 118 Å². The average molecular weight is 252 g/mol. The predicted octanol–water partition coefficient (Wildman–Crippen LogP) is 0.487. The molecule has 1 atom stereocenters. The molecule has 0 radical (unpaired) electrons. The Balaban J connectivity index is 2.93. The minimum Gasteiger partial charge on any atom is -0.480 e. The number of rotatable bonds is 6. The number of carboxylic acid groups (broad SMARTS) is 1. The van der Waals surface area contributed by atoms with Crippen molar-refractivity contribution in [3.63, 3.8) is 0 Å². The number of carbonyl (C=O) groups is 2. The molecule has 0 aliphatic rings. The molecule has 1 aromatic heterocycles. The average Bonchev–Trinajstić information content (AvgIpc) is 2.27. The smallest absolute Gasteiger partial charge is 0.326 e. The van der Waals surface area contributed by atoms with E-state index in [0.29, 0.717) is 6.42 Å². The van der Waals surface area contributed by atoms with Gasteiger partial charge in [-0.1, -0.05) is 13.8 Å². The van der Waals surface area contributed by atoms with Crippen molar-refractivity contribution in [2.45, 2.75) is 26.3 Å². The van der Waals surface area contributed by atoms with Gasteiger partial charge in [0.25, 0.3) is 5.91 Å². The molecule has 0 aliphatic carbocycles. The second-order valence-electron chi connectivity index (χ2n) is 4.28. The second-order valence-corrected chi connectivity index (χ2v) is 4.28. The Morgan fingerprint density at radius 2 is 2.00 bits per heavy atom. The van der Waals surface area contributed by atoms with Crippen LogP contribution in [0, 0.1) is 5.92 Å². The molecule has 0 spiro atoms. The fourth-order valence-corrected chi connectivity index (χ4v) is 1.48. The lowest BCUT2D eigenvalue weighted by Gasteiger charge is -2.17. The second kappa shape index (κ2) is 5.95. The number of aliphatic carboxylic acids is 1. The first kappa shape index (κ1) is 13.9. The van der Waals surface area contributed by atoms with Gasteiger partial charge in [0.1, 0.15) is 6.04 Å². The third-order valence-electron chi connectivity index (χ3n) is 2.25. The Bertz CT molecular complexity index is 448. The maximum atomic E-state index is 11.1. The SMILES string of the molecule is CC(C)CC(Nc1nccnc1C(N)=O)C(=O)O.